The molecule has 0 saturated carbocycles. The maximum Gasteiger partial charge on any atom is 0.321 e. The van der Waals surface area contributed by atoms with Crippen LogP contribution in [0.1, 0.15) is 0 Å². The van der Waals surface area contributed by atoms with Gasteiger partial charge in [-0.15, -0.1) is 0 Å². The van der Waals surface area contributed by atoms with Gasteiger partial charge in [0.1, 0.15) is 23.9 Å². The van der Waals surface area contributed by atoms with Crippen molar-refractivity contribution in [1.29, 1.82) is 15.8 Å². The van der Waals surface area contributed by atoms with Crippen LogP contribution in [-0.2, 0) is 10.0 Å². The summed E-state index contributed by atoms with van der Waals surface area (Å²) in [7, 11) is -1.31. The van der Waals surface area contributed by atoms with E-state index in [1.54, 1.807) is 18.2 Å². The first-order valence-corrected chi connectivity index (χ1v) is 9.16. The summed E-state index contributed by atoms with van der Waals surface area (Å²) in [5, 5.41) is 29.3. The van der Waals surface area contributed by atoms with E-state index in [0.29, 0.717) is 5.69 Å². The van der Waals surface area contributed by atoms with Crippen molar-refractivity contribution < 1.29 is 17.9 Å². The predicted molar refractivity (Wildman–Crippen MR) is 99.9 cm³/mol. The molecular weight excluding hydrogens is 398 g/mol. The van der Waals surface area contributed by atoms with E-state index in [2.05, 4.69) is 20.0 Å². The van der Waals surface area contributed by atoms with Gasteiger partial charge in [0, 0.05) is 11.8 Å². The van der Waals surface area contributed by atoms with Gasteiger partial charge >= 0.3 is 6.01 Å². The van der Waals surface area contributed by atoms with Crippen LogP contribution in [0, 0.1) is 34.0 Å². The highest BCUT2D eigenvalue weighted by Crippen LogP contribution is 2.22. The average Bonchev–Trinajstić information content (AvgIpc) is 2.73. The number of nitriles is 3. The van der Waals surface area contributed by atoms with E-state index >= 15 is 0 Å². The van der Waals surface area contributed by atoms with E-state index in [4.69, 9.17) is 25.3 Å². The van der Waals surface area contributed by atoms with Gasteiger partial charge in [-0.25, -0.2) is 8.42 Å². The van der Waals surface area contributed by atoms with Crippen LogP contribution in [0.3, 0.4) is 0 Å². The third-order valence-corrected chi connectivity index (χ3v) is 4.70. The molecule has 0 spiro atoms. The number of allylic oxidation sites excluding steroid dienone is 2. The smallest absolute Gasteiger partial charge is 0.321 e. The Bertz CT molecular complexity index is 1130. The fraction of sp³-hybridized carbons (Fsp3) is 0.118. The molecule has 0 bridgehead atoms. The largest absolute Gasteiger partial charge is 0.481 e. The normalized spacial score (nSPS) is 9.90. The van der Waals surface area contributed by atoms with Gasteiger partial charge in [0.25, 0.3) is 10.0 Å². The highest BCUT2D eigenvalue weighted by atomic mass is 32.2. The van der Waals surface area contributed by atoms with Crippen LogP contribution in [0.5, 0.6) is 11.9 Å². The molecule has 12 heteroatoms. The molecule has 0 atom stereocenters. The van der Waals surface area contributed by atoms with Crippen LogP contribution in [0.15, 0.2) is 46.5 Å². The first kappa shape index (κ1) is 21.0. The Labute approximate surface area is 166 Å². The molecule has 0 unspecified atom stereocenters. The maximum atomic E-state index is 12.6. The second kappa shape index (κ2) is 9.04. The minimum Gasteiger partial charge on any atom is -0.481 e. The zero-order chi connectivity index (χ0) is 21.4. The minimum absolute atomic E-state index is 0.0571. The second-order valence-electron chi connectivity index (χ2n) is 5.12. The highest BCUT2D eigenvalue weighted by Gasteiger charge is 2.17. The monoisotopic (exact) mass is 411 g/mol. The molecule has 146 valence electrons. The second-order valence-corrected chi connectivity index (χ2v) is 6.80. The number of rotatable bonds is 7. The summed E-state index contributed by atoms with van der Waals surface area (Å²) in [4.78, 5) is 7.68. The molecule has 0 amide bonds. The maximum absolute atomic E-state index is 12.6. The van der Waals surface area contributed by atoms with Crippen molar-refractivity contribution >= 4 is 21.5 Å². The Morgan fingerprint density at radius 3 is 2.17 bits per heavy atom. The first-order chi connectivity index (χ1) is 13.9. The number of ether oxygens (including phenoxy) is 2. The lowest BCUT2D eigenvalue weighted by Gasteiger charge is -2.10. The summed E-state index contributed by atoms with van der Waals surface area (Å²) in [6.07, 6.45) is 0. The van der Waals surface area contributed by atoms with Gasteiger partial charge in [-0.2, -0.15) is 25.8 Å². The van der Waals surface area contributed by atoms with Crippen molar-refractivity contribution in [2.45, 2.75) is 4.90 Å². The third kappa shape index (κ3) is 5.10. The van der Waals surface area contributed by atoms with E-state index in [1.807, 2.05) is 0 Å². The van der Waals surface area contributed by atoms with Crippen molar-refractivity contribution in [3.63, 3.8) is 0 Å². The van der Waals surface area contributed by atoms with Crippen LogP contribution < -0.4 is 19.5 Å². The predicted octanol–water partition coefficient (Wildman–Crippen LogP) is 1.53. The Morgan fingerprint density at radius 2 is 1.66 bits per heavy atom. The summed E-state index contributed by atoms with van der Waals surface area (Å²) < 4.78 is 37.3. The Morgan fingerprint density at radius 1 is 1.00 bits per heavy atom. The van der Waals surface area contributed by atoms with Gasteiger partial charge < -0.3 is 14.8 Å². The van der Waals surface area contributed by atoms with Gasteiger partial charge in [-0.3, -0.25) is 4.72 Å². The van der Waals surface area contributed by atoms with Gasteiger partial charge in [-0.05, 0) is 24.3 Å². The van der Waals surface area contributed by atoms with E-state index in [1.165, 1.54) is 44.6 Å². The van der Waals surface area contributed by atoms with Gasteiger partial charge in [0.2, 0.25) is 5.88 Å². The summed E-state index contributed by atoms with van der Waals surface area (Å²) in [6.45, 7) is 0. The molecule has 2 N–H and O–H groups in total. The molecule has 2 rings (SSSR count). The molecule has 29 heavy (non-hydrogen) atoms. The summed E-state index contributed by atoms with van der Waals surface area (Å²) in [6, 6.07) is 11.4. The lowest BCUT2D eigenvalue weighted by atomic mass is 10.2. The molecule has 1 heterocycles. The Balaban J connectivity index is 2.28. The number of hydrogen-bond acceptors (Lipinski definition) is 10. The quantitative estimate of drug-likeness (QED) is 0.636. The number of aromatic nitrogens is 2. The summed E-state index contributed by atoms with van der Waals surface area (Å²) in [5.74, 6) is 0.0500. The minimum atomic E-state index is -4.00. The average molecular weight is 411 g/mol. The standard InChI is InChI=1S/C17H13N7O4S/c1-27-16-7-15(22-17(23-16)28-2)24-29(25,26)13-5-3-12(4-6-13)21-14(10-20)11(8-18)9-19/h3-7,21H,1-2H3,(H,22,23,24). The van der Waals surface area contributed by atoms with Crippen LogP contribution in [0.2, 0.25) is 0 Å². The van der Waals surface area contributed by atoms with E-state index in [0.717, 1.165) is 0 Å². The Hall–Kier alpha value is -4.34. The van der Waals surface area contributed by atoms with Crippen LogP contribution in [0.4, 0.5) is 11.5 Å². The van der Waals surface area contributed by atoms with Gasteiger partial charge in [-0.1, -0.05) is 0 Å². The zero-order valence-electron chi connectivity index (χ0n) is 15.2. The van der Waals surface area contributed by atoms with E-state index < -0.39 is 15.6 Å². The molecule has 1 aromatic carbocycles. The van der Waals surface area contributed by atoms with Crippen molar-refractivity contribution in [2.75, 3.05) is 24.3 Å². The van der Waals surface area contributed by atoms with Crippen molar-refractivity contribution in [3.05, 3.63) is 41.6 Å². The lowest BCUT2D eigenvalue weighted by molar-refractivity contribution is 0.353. The molecule has 0 aliphatic heterocycles. The molecule has 0 aliphatic carbocycles. The van der Waals surface area contributed by atoms with Gasteiger partial charge in [0.05, 0.1) is 19.1 Å². The Kier molecular flexibility index (Phi) is 6.54. The van der Waals surface area contributed by atoms with E-state index in [-0.39, 0.29) is 28.3 Å². The van der Waals surface area contributed by atoms with Crippen molar-refractivity contribution in [3.8, 4) is 30.1 Å². The molecule has 11 nitrogen and oxygen atoms in total. The number of hydrogen-bond donors (Lipinski definition) is 2. The molecular formula is C17H13N7O4S. The summed E-state index contributed by atoms with van der Waals surface area (Å²) in [5.41, 5.74) is -0.324. The van der Waals surface area contributed by atoms with Gasteiger partial charge in [0.15, 0.2) is 11.4 Å². The number of anilines is 2. The fourth-order valence-electron chi connectivity index (χ4n) is 1.99. The van der Waals surface area contributed by atoms with Crippen LogP contribution >= 0.6 is 0 Å². The number of benzene rings is 1. The molecule has 0 saturated heterocycles. The third-order valence-electron chi connectivity index (χ3n) is 3.33. The number of nitrogens with one attached hydrogen (secondary N) is 2. The fourth-order valence-corrected chi connectivity index (χ4v) is 2.99. The number of sulfonamides is 1. The molecule has 0 aliphatic rings. The van der Waals surface area contributed by atoms with Crippen molar-refractivity contribution in [2.24, 2.45) is 0 Å². The molecule has 0 fully saturated rings. The molecule has 1 aromatic heterocycles. The van der Waals surface area contributed by atoms with Crippen molar-refractivity contribution in [1.82, 2.24) is 9.97 Å². The molecule has 2 aromatic rings. The first-order valence-electron chi connectivity index (χ1n) is 7.68. The number of methoxy groups -OCH3 is 2. The molecule has 0 radical (unpaired) electrons. The SMILES string of the molecule is COc1cc(NS(=O)(=O)c2ccc(NC(C#N)=C(C#N)C#N)cc2)nc(OC)n1. The highest BCUT2D eigenvalue weighted by molar-refractivity contribution is 7.92. The summed E-state index contributed by atoms with van der Waals surface area (Å²) >= 11 is 0. The van der Waals surface area contributed by atoms with Crippen LogP contribution in [0.25, 0.3) is 0 Å². The zero-order valence-corrected chi connectivity index (χ0v) is 16.0. The number of nitrogens with zero attached hydrogens (tertiary/aromatic N) is 5. The lowest BCUT2D eigenvalue weighted by Crippen LogP contribution is -2.14. The van der Waals surface area contributed by atoms with Crippen LogP contribution in [-0.4, -0.2) is 32.6 Å². The topological polar surface area (TPSA) is 174 Å². The van der Waals surface area contributed by atoms with E-state index in [9.17, 15) is 8.42 Å².